The van der Waals surface area contributed by atoms with Crippen LogP contribution in [0.4, 0.5) is 11.4 Å². The van der Waals surface area contributed by atoms with Crippen molar-refractivity contribution in [2.75, 3.05) is 11.9 Å². The second-order valence-electron chi connectivity index (χ2n) is 10.1. The Bertz CT molecular complexity index is 1560. The number of fused-ring (bicyclic) bond motifs is 3. The first kappa shape index (κ1) is 26.5. The molecule has 6 heteroatoms. The third-order valence-electron chi connectivity index (χ3n) is 7.49. The Labute approximate surface area is 245 Å². The predicted molar refractivity (Wildman–Crippen MR) is 165 cm³/mol. The van der Waals surface area contributed by atoms with Gasteiger partial charge < -0.3 is 14.8 Å². The highest BCUT2D eigenvalue weighted by Gasteiger charge is 2.37. The summed E-state index contributed by atoms with van der Waals surface area (Å²) < 4.78 is 11.9. The van der Waals surface area contributed by atoms with E-state index in [4.69, 9.17) is 37.7 Å². The minimum absolute atomic E-state index is 0.264. The third kappa shape index (κ3) is 5.60. The van der Waals surface area contributed by atoms with E-state index in [1.807, 2.05) is 43.3 Å². The fourth-order valence-corrected chi connectivity index (χ4v) is 6.12. The minimum atomic E-state index is 0.264. The molecule has 4 aromatic carbocycles. The molecule has 0 amide bonds. The number of hydrogen-bond donors (Lipinski definition) is 1. The van der Waals surface area contributed by atoms with Crippen molar-refractivity contribution < 1.29 is 9.47 Å². The van der Waals surface area contributed by atoms with Gasteiger partial charge in [0.15, 0.2) is 11.5 Å². The topological polar surface area (TPSA) is 42.8 Å². The van der Waals surface area contributed by atoms with Gasteiger partial charge in [-0.15, -0.1) is 0 Å². The van der Waals surface area contributed by atoms with Crippen LogP contribution in [0.3, 0.4) is 0 Å². The summed E-state index contributed by atoms with van der Waals surface area (Å²) in [4.78, 5) is 4.71. The Morgan fingerprint density at radius 3 is 2.62 bits per heavy atom. The molecule has 4 aromatic rings. The van der Waals surface area contributed by atoms with E-state index in [-0.39, 0.29) is 6.04 Å². The number of allylic oxidation sites excluding steroid dienone is 2. The monoisotopic (exact) mass is 568 g/mol. The SMILES string of the molecule is CCOc1cc(C=Nc2ccc([C@@H]3Nc4ccccc4[C@H]4C=CC[C@@H]43)cc2)cc(Cl)c1OCc1cccc(Cl)c1. The first-order chi connectivity index (χ1) is 19.6. The van der Waals surface area contributed by atoms with Crippen LogP contribution in [0.15, 0.2) is 102 Å². The van der Waals surface area contributed by atoms with Crippen molar-refractivity contribution in [2.45, 2.75) is 31.9 Å². The summed E-state index contributed by atoms with van der Waals surface area (Å²) in [6.07, 6.45) is 7.57. The lowest BCUT2D eigenvalue weighted by Gasteiger charge is -2.37. The Hall–Kier alpha value is -3.73. The minimum Gasteiger partial charge on any atom is -0.490 e. The van der Waals surface area contributed by atoms with Gasteiger partial charge in [0.05, 0.1) is 23.4 Å². The number of aliphatic imine (C=N–C) groups is 1. The molecule has 0 saturated heterocycles. The van der Waals surface area contributed by atoms with Crippen LogP contribution in [-0.4, -0.2) is 12.8 Å². The molecule has 1 N–H and O–H groups in total. The van der Waals surface area contributed by atoms with Gasteiger partial charge >= 0.3 is 0 Å². The van der Waals surface area contributed by atoms with Gasteiger partial charge in [-0.25, -0.2) is 0 Å². The maximum absolute atomic E-state index is 6.63. The van der Waals surface area contributed by atoms with Crippen LogP contribution >= 0.6 is 23.2 Å². The molecule has 0 aromatic heterocycles. The Kier molecular flexibility index (Phi) is 7.81. The van der Waals surface area contributed by atoms with Gasteiger partial charge in [-0.1, -0.05) is 77.8 Å². The summed E-state index contributed by atoms with van der Waals surface area (Å²) in [6.45, 7) is 2.75. The number of hydrogen-bond acceptors (Lipinski definition) is 4. The van der Waals surface area contributed by atoms with Crippen molar-refractivity contribution in [3.63, 3.8) is 0 Å². The van der Waals surface area contributed by atoms with Crippen LogP contribution in [-0.2, 0) is 6.61 Å². The summed E-state index contributed by atoms with van der Waals surface area (Å²) in [5.74, 6) is 2.06. The molecule has 1 aliphatic heterocycles. The number of benzene rings is 4. The molecule has 202 valence electrons. The van der Waals surface area contributed by atoms with E-state index in [0.717, 1.165) is 23.2 Å². The van der Waals surface area contributed by atoms with E-state index < -0.39 is 0 Å². The molecule has 4 nitrogen and oxygen atoms in total. The van der Waals surface area contributed by atoms with E-state index in [1.54, 1.807) is 6.21 Å². The number of para-hydroxylation sites is 1. The number of anilines is 1. The quantitative estimate of drug-likeness (QED) is 0.170. The molecule has 0 fully saturated rings. The zero-order valence-electron chi connectivity index (χ0n) is 22.2. The third-order valence-corrected chi connectivity index (χ3v) is 8.01. The molecule has 0 bridgehead atoms. The van der Waals surface area contributed by atoms with E-state index in [2.05, 4.69) is 66.0 Å². The van der Waals surface area contributed by atoms with Crippen LogP contribution in [0.5, 0.6) is 11.5 Å². The molecular weight excluding hydrogens is 539 g/mol. The summed E-state index contributed by atoms with van der Waals surface area (Å²) in [6, 6.07) is 28.7. The zero-order chi connectivity index (χ0) is 27.5. The van der Waals surface area contributed by atoms with Crippen LogP contribution in [0, 0.1) is 5.92 Å². The number of halogens is 2. The molecule has 40 heavy (non-hydrogen) atoms. The molecule has 1 aliphatic carbocycles. The normalized spacial score (nSPS) is 19.2. The van der Waals surface area contributed by atoms with Crippen molar-refractivity contribution in [3.05, 3.63) is 129 Å². The second kappa shape index (κ2) is 11.8. The van der Waals surface area contributed by atoms with Gasteiger partial charge in [0.1, 0.15) is 6.61 Å². The molecular formula is C34H30Cl2N2O2. The lowest BCUT2D eigenvalue weighted by Crippen LogP contribution is -2.28. The lowest BCUT2D eigenvalue weighted by atomic mass is 9.77. The molecule has 0 unspecified atom stereocenters. The highest BCUT2D eigenvalue weighted by molar-refractivity contribution is 6.32. The molecule has 1 heterocycles. The van der Waals surface area contributed by atoms with Crippen LogP contribution < -0.4 is 14.8 Å². The summed E-state index contributed by atoms with van der Waals surface area (Å²) in [5.41, 5.74) is 6.55. The number of nitrogens with one attached hydrogen (secondary N) is 1. The fourth-order valence-electron chi connectivity index (χ4n) is 5.64. The molecule has 0 saturated carbocycles. The predicted octanol–water partition coefficient (Wildman–Crippen LogP) is 9.55. The van der Waals surface area contributed by atoms with Crippen molar-refractivity contribution in [2.24, 2.45) is 10.9 Å². The Balaban J connectivity index is 1.18. The van der Waals surface area contributed by atoms with Crippen molar-refractivity contribution in [3.8, 4) is 11.5 Å². The van der Waals surface area contributed by atoms with Crippen LogP contribution in [0.25, 0.3) is 0 Å². The second-order valence-corrected chi connectivity index (χ2v) is 10.9. The van der Waals surface area contributed by atoms with Gasteiger partial charge in [0, 0.05) is 22.8 Å². The maximum atomic E-state index is 6.63. The summed E-state index contributed by atoms with van der Waals surface area (Å²) >= 11 is 12.7. The summed E-state index contributed by atoms with van der Waals surface area (Å²) in [5, 5.41) is 4.92. The van der Waals surface area contributed by atoms with Gasteiger partial charge in [0.25, 0.3) is 0 Å². The van der Waals surface area contributed by atoms with E-state index in [9.17, 15) is 0 Å². The average molecular weight is 570 g/mol. The van der Waals surface area contributed by atoms with Gasteiger partial charge in [-0.3, -0.25) is 4.99 Å². The number of ether oxygens (including phenoxy) is 2. The van der Waals surface area contributed by atoms with Crippen molar-refractivity contribution in [1.29, 1.82) is 0 Å². The molecule has 2 aliphatic rings. The highest BCUT2D eigenvalue weighted by Crippen LogP contribution is 2.49. The lowest BCUT2D eigenvalue weighted by molar-refractivity contribution is 0.269. The number of rotatable bonds is 8. The van der Waals surface area contributed by atoms with E-state index in [1.165, 1.54) is 16.8 Å². The van der Waals surface area contributed by atoms with Gasteiger partial charge in [-0.2, -0.15) is 0 Å². The average Bonchev–Trinajstić information content (AvgIpc) is 3.46. The maximum Gasteiger partial charge on any atom is 0.180 e. The first-order valence-electron chi connectivity index (χ1n) is 13.6. The van der Waals surface area contributed by atoms with E-state index >= 15 is 0 Å². The van der Waals surface area contributed by atoms with Crippen molar-refractivity contribution >= 4 is 40.8 Å². The fraction of sp³-hybridized carbons (Fsp3) is 0.206. The van der Waals surface area contributed by atoms with E-state index in [0.29, 0.717) is 46.6 Å². The standard InChI is InChI=1S/C34H30Cl2N2O2/c1-2-39-32-19-23(18-30(36)34(32)40-21-22-7-5-8-25(35)17-22)20-37-26-15-13-24(14-16-26)33-29-11-6-10-27(29)28-9-3-4-12-31(28)38-33/h3-10,12-20,27,29,33,38H,2,11,21H2,1H3/t27-,29+,33+/m1/s1. The molecule has 0 radical (unpaired) electrons. The van der Waals surface area contributed by atoms with Gasteiger partial charge in [0.2, 0.25) is 0 Å². The smallest absolute Gasteiger partial charge is 0.180 e. The first-order valence-corrected chi connectivity index (χ1v) is 14.3. The van der Waals surface area contributed by atoms with Crippen LogP contribution in [0.2, 0.25) is 10.0 Å². The molecule has 3 atom stereocenters. The molecule has 6 rings (SSSR count). The van der Waals surface area contributed by atoms with Gasteiger partial charge in [-0.05, 0) is 84.0 Å². The molecule has 0 spiro atoms. The Morgan fingerprint density at radius 1 is 0.950 bits per heavy atom. The Morgan fingerprint density at radius 2 is 1.80 bits per heavy atom. The zero-order valence-corrected chi connectivity index (χ0v) is 23.7. The van der Waals surface area contributed by atoms with Crippen molar-refractivity contribution in [1.82, 2.24) is 0 Å². The highest BCUT2D eigenvalue weighted by atomic mass is 35.5. The van der Waals surface area contributed by atoms with Crippen LogP contribution in [0.1, 0.15) is 47.6 Å². The summed E-state index contributed by atoms with van der Waals surface area (Å²) in [7, 11) is 0. The largest absolute Gasteiger partial charge is 0.490 e. The number of nitrogens with zero attached hydrogens (tertiary/aromatic N) is 1.